The van der Waals surface area contributed by atoms with Crippen molar-refractivity contribution in [2.24, 2.45) is 4.99 Å². The molecule has 1 aliphatic carbocycles. The monoisotopic (exact) mass is 712 g/mol. The molecule has 0 fully saturated rings. The van der Waals surface area contributed by atoms with Gasteiger partial charge in [0.1, 0.15) is 5.84 Å². The van der Waals surface area contributed by atoms with Gasteiger partial charge in [0, 0.05) is 43.3 Å². The van der Waals surface area contributed by atoms with Crippen LogP contribution in [-0.4, -0.2) is 11.7 Å². The van der Waals surface area contributed by atoms with E-state index < -0.39 is 0 Å². The average molecular weight is 713 g/mol. The lowest BCUT2D eigenvalue weighted by molar-refractivity contribution is 0.660. The first-order valence-corrected chi connectivity index (χ1v) is 19.0. The van der Waals surface area contributed by atoms with Gasteiger partial charge in [-0.2, -0.15) is 5.26 Å². The predicted molar refractivity (Wildman–Crippen MR) is 226 cm³/mol. The van der Waals surface area contributed by atoms with Crippen molar-refractivity contribution in [2.75, 3.05) is 0 Å². The molecule has 7 aromatic carbocycles. The first-order valence-electron chi connectivity index (χ1n) is 18.1. The second-order valence-corrected chi connectivity index (χ2v) is 15.4. The van der Waals surface area contributed by atoms with E-state index >= 15 is 0 Å². The Kier molecular flexibility index (Phi) is 8.26. The summed E-state index contributed by atoms with van der Waals surface area (Å²) in [4.78, 5) is 4.83. The number of benzene rings is 7. The fourth-order valence-corrected chi connectivity index (χ4v) is 9.00. The molecule has 0 unspecified atom stereocenters. The molecule has 4 nitrogen and oxygen atoms in total. The van der Waals surface area contributed by atoms with E-state index in [0.717, 1.165) is 27.8 Å². The smallest absolute Gasteiger partial charge is 0.154 e. The third-order valence-electron chi connectivity index (χ3n) is 10.7. The highest BCUT2D eigenvalue weighted by Crippen LogP contribution is 2.51. The molecule has 5 heteroatoms. The Labute approximate surface area is 319 Å². The zero-order valence-corrected chi connectivity index (χ0v) is 30.8. The molecule has 0 saturated heterocycles. The number of rotatable bonds is 6. The molecular formula is C49H36N4S. The van der Waals surface area contributed by atoms with E-state index in [0.29, 0.717) is 17.9 Å². The Morgan fingerprint density at radius 1 is 0.667 bits per heavy atom. The molecule has 0 saturated carbocycles. The number of fused-ring (bicyclic) bond motifs is 6. The predicted octanol–water partition coefficient (Wildman–Crippen LogP) is 12.1. The second-order valence-electron chi connectivity index (χ2n) is 14.3. The highest BCUT2D eigenvalue weighted by Gasteiger charge is 2.36. The summed E-state index contributed by atoms with van der Waals surface area (Å²) in [6.45, 7) is 5.12. The Balaban J connectivity index is 1.17. The molecule has 54 heavy (non-hydrogen) atoms. The van der Waals surface area contributed by atoms with Gasteiger partial charge in [-0.3, -0.25) is 5.41 Å². The Morgan fingerprint density at radius 3 is 2.07 bits per heavy atom. The first kappa shape index (κ1) is 33.2. The van der Waals surface area contributed by atoms with Gasteiger partial charge in [0.2, 0.25) is 0 Å². The van der Waals surface area contributed by atoms with Crippen LogP contribution >= 0.6 is 11.3 Å². The minimum atomic E-state index is -0.246. The van der Waals surface area contributed by atoms with Crippen LogP contribution in [0.5, 0.6) is 0 Å². The van der Waals surface area contributed by atoms with Gasteiger partial charge in [0.05, 0.1) is 11.6 Å². The number of hydrogen-bond donors (Lipinski definition) is 2. The molecule has 0 amide bonds. The van der Waals surface area contributed by atoms with E-state index in [1.54, 1.807) is 0 Å². The maximum atomic E-state index is 9.67. The lowest BCUT2D eigenvalue weighted by Crippen LogP contribution is -2.25. The second kappa shape index (κ2) is 13.4. The maximum Gasteiger partial charge on any atom is 0.154 e. The standard InChI is InChI=1S/C49H36N4S/c1-49(2)41-27-32(29-50)17-23-38(41)39-24-22-36(28-42(39)49)37-25-26-44-46(40-15-9-10-16-43(40)54-44)45(37)33-18-20-35(21-19-33)48(52-30-31-11-5-3-6-12-31)53-47(51)34-13-7-4-8-14-34/h3-28H,30H2,1-2H3,(H2,51,52,53). The lowest BCUT2D eigenvalue weighted by Gasteiger charge is -2.22. The molecular weight excluding hydrogens is 677 g/mol. The minimum Gasteiger partial charge on any atom is -0.365 e. The average Bonchev–Trinajstić information content (AvgIpc) is 3.71. The van der Waals surface area contributed by atoms with Crippen LogP contribution in [0, 0.1) is 16.7 Å². The van der Waals surface area contributed by atoms with Crippen LogP contribution in [0.2, 0.25) is 0 Å². The number of aliphatic imine (C=N–C) groups is 1. The minimum absolute atomic E-state index is 0.206. The Morgan fingerprint density at radius 2 is 1.31 bits per heavy atom. The topological polar surface area (TPSA) is 72.0 Å². The summed E-state index contributed by atoms with van der Waals surface area (Å²) < 4.78 is 2.51. The van der Waals surface area contributed by atoms with Gasteiger partial charge < -0.3 is 5.32 Å². The third kappa shape index (κ3) is 5.78. The summed E-state index contributed by atoms with van der Waals surface area (Å²) in [5.41, 5.74) is 12.8. The van der Waals surface area contributed by atoms with Crippen molar-refractivity contribution in [2.45, 2.75) is 25.8 Å². The molecule has 9 rings (SSSR count). The quantitative estimate of drug-likeness (QED) is 0.133. The van der Waals surface area contributed by atoms with E-state index in [2.05, 4.69) is 128 Å². The molecule has 0 radical (unpaired) electrons. The van der Waals surface area contributed by atoms with E-state index in [-0.39, 0.29) is 11.3 Å². The van der Waals surface area contributed by atoms with Crippen LogP contribution in [-0.2, 0) is 12.0 Å². The van der Waals surface area contributed by atoms with E-state index in [4.69, 9.17) is 10.4 Å². The number of nitrogens with one attached hydrogen (secondary N) is 2. The van der Waals surface area contributed by atoms with Crippen LogP contribution in [0.25, 0.3) is 53.6 Å². The number of amidine groups is 2. The van der Waals surface area contributed by atoms with Gasteiger partial charge in [0.15, 0.2) is 5.84 Å². The molecule has 0 bridgehead atoms. The normalized spacial score (nSPS) is 13.0. The van der Waals surface area contributed by atoms with Crippen molar-refractivity contribution in [3.63, 3.8) is 0 Å². The summed E-state index contributed by atoms with van der Waals surface area (Å²) in [6.07, 6.45) is 0. The number of nitriles is 1. The van der Waals surface area contributed by atoms with Crippen molar-refractivity contribution in [3.8, 4) is 39.4 Å². The van der Waals surface area contributed by atoms with Gasteiger partial charge in [-0.25, -0.2) is 4.99 Å². The molecule has 0 aliphatic heterocycles. The van der Waals surface area contributed by atoms with Crippen LogP contribution < -0.4 is 5.32 Å². The lowest BCUT2D eigenvalue weighted by atomic mass is 9.80. The number of hydrogen-bond acceptors (Lipinski definition) is 3. The zero-order valence-electron chi connectivity index (χ0n) is 30.0. The zero-order chi connectivity index (χ0) is 36.8. The van der Waals surface area contributed by atoms with Crippen LogP contribution in [0.1, 0.15) is 47.2 Å². The van der Waals surface area contributed by atoms with Crippen molar-refractivity contribution in [1.29, 1.82) is 10.7 Å². The van der Waals surface area contributed by atoms with Crippen molar-refractivity contribution in [3.05, 3.63) is 191 Å². The molecule has 1 heterocycles. The van der Waals surface area contributed by atoms with E-state index in [9.17, 15) is 5.26 Å². The molecule has 8 aromatic rings. The van der Waals surface area contributed by atoms with Gasteiger partial charge in [-0.1, -0.05) is 141 Å². The van der Waals surface area contributed by atoms with Crippen LogP contribution in [0.3, 0.4) is 0 Å². The number of thiophene rings is 1. The molecule has 1 aromatic heterocycles. The summed E-state index contributed by atoms with van der Waals surface area (Å²) in [6, 6.07) is 57.1. The van der Waals surface area contributed by atoms with E-state index in [1.165, 1.54) is 53.6 Å². The fourth-order valence-electron chi connectivity index (χ4n) is 7.89. The largest absolute Gasteiger partial charge is 0.365 e. The Hall–Kier alpha value is -6.61. The summed E-state index contributed by atoms with van der Waals surface area (Å²) >= 11 is 1.83. The van der Waals surface area contributed by atoms with Crippen molar-refractivity contribution >= 4 is 43.2 Å². The molecule has 1 aliphatic rings. The summed E-state index contributed by atoms with van der Waals surface area (Å²) in [7, 11) is 0. The Bertz CT molecular complexity index is 2810. The third-order valence-corrected chi connectivity index (χ3v) is 11.8. The van der Waals surface area contributed by atoms with Crippen molar-refractivity contribution < 1.29 is 0 Å². The first-order chi connectivity index (χ1) is 26.4. The molecule has 2 N–H and O–H groups in total. The molecule has 0 spiro atoms. The highest BCUT2D eigenvalue weighted by atomic mass is 32.1. The van der Waals surface area contributed by atoms with Gasteiger partial charge in [-0.15, -0.1) is 11.3 Å². The fraction of sp³-hybridized carbons (Fsp3) is 0.0816. The van der Waals surface area contributed by atoms with Gasteiger partial charge >= 0.3 is 0 Å². The SMILES string of the molecule is CC1(C)c2cc(C#N)ccc2-c2ccc(-c3ccc4sc5ccccc5c4c3-c3ccc(/C(=N/C(=N)c4ccccc4)NCc4ccccc4)cc3)cc21. The highest BCUT2D eigenvalue weighted by molar-refractivity contribution is 7.26. The van der Waals surface area contributed by atoms with E-state index in [1.807, 2.05) is 65.9 Å². The summed E-state index contributed by atoms with van der Waals surface area (Å²) in [5.74, 6) is 0.858. The van der Waals surface area contributed by atoms with Crippen molar-refractivity contribution in [1.82, 2.24) is 5.32 Å². The number of nitrogens with zero attached hydrogens (tertiary/aromatic N) is 2. The molecule has 0 atom stereocenters. The van der Waals surface area contributed by atoms with Gasteiger partial charge in [-0.05, 0) is 80.4 Å². The molecule has 258 valence electrons. The van der Waals surface area contributed by atoms with Gasteiger partial charge in [0.25, 0.3) is 0 Å². The summed E-state index contributed by atoms with van der Waals surface area (Å²) in [5, 5.41) is 24.6. The van der Waals surface area contributed by atoms with Crippen LogP contribution in [0.4, 0.5) is 0 Å². The maximum absolute atomic E-state index is 9.67. The van der Waals surface area contributed by atoms with Crippen LogP contribution in [0.15, 0.2) is 163 Å².